The van der Waals surface area contributed by atoms with Crippen LogP contribution in [-0.2, 0) is 10.8 Å². The van der Waals surface area contributed by atoms with E-state index in [-0.39, 0.29) is 0 Å². The summed E-state index contributed by atoms with van der Waals surface area (Å²) in [6, 6.07) is 59.7. The molecule has 48 heavy (non-hydrogen) atoms. The largest absolute Gasteiger partial charge is 0.309 e. The highest BCUT2D eigenvalue weighted by Gasteiger charge is 2.60. The van der Waals surface area contributed by atoms with Crippen LogP contribution in [0.25, 0.3) is 27.5 Å². The smallest absolute Gasteiger partial charge is 0.0714 e. The van der Waals surface area contributed by atoms with Crippen molar-refractivity contribution in [2.45, 2.75) is 31.6 Å². The van der Waals surface area contributed by atoms with Crippen molar-refractivity contribution in [3.8, 4) is 5.69 Å². The lowest BCUT2D eigenvalue weighted by Crippen LogP contribution is -2.52. The summed E-state index contributed by atoms with van der Waals surface area (Å²) in [5.41, 5.74) is 17.6. The predicted molar refractivity (Wildman–Crippen MR) is 199 cm³/mol. The molecule has 3 aliphatic rings. The number of aromatic nitrogens is 1. The molecule has 1 heterocycles. The molecule has 0 saturated carbocycles. The van der Waals surface area contributed by atoms with Crippen molar-refractivity contribution < 1.29 is 0 Å². The van der Waals surface area contributed by atoms with Gasteiger partial charge >= 0.3 is 0 Å². The molecule has 8 aromatic rings. The molecule has 0 amide bonds. The molecule has 0 unspecified atom stereocenters. The maximum Gasteiger partial charge on any atom is 0.0714 e. The molecule has 228 valence electrons. The Balaban J connectivity index is 1.45. The molecule has 3 aliphatic carbocycles. The van der Waals surface area contributed by atoms with Crippen molar-refractivity contribution in [3.63, 3.8) is 0 Å². The second-order valence-electron chi connectivity index (χ2n) is 13.9. The first kappa shape index (κ1) is 27.5. The molecule has 0 atom stereocenters. The van der Waals surface area contributed by atoms with Gasteiger partial charge in [-0.3, -0.25) is 0 Å². The molecule has 1 nitrogen and oxygen atoms in total. The van der Waals surface area contributed by atoms with Crippen LogP contribution in [-0.4, -0.2) is 4.57 Å². The number of rotatable bonds is 3. The minimum atomic E-state index is -0.487. The highest BCUT2D eigenvalue weighted by molar-refractivity contribution is 6.09. The van der Waals surface area contributed by atoms with Gasteiger partial charge in [-0.2, -0.15) is 0 Å². The number of hydrogen-bond acceptors (Lipinski definition) is 0. The zero-order valence-electron chi connectivity index (χ0n) is 27.5. The molecule has 1 heteroatoms. The van der Waals surface area contributed by atoms with Crippen LogP contribution in [0.2, 0.25) is 0 Å². The minimum Gasteiger partial charge on any atom is -0.309 e. The number of benzene rings is 7. The molecular formula is C47H35N. The van der Waals surface area contributed by atoms with Crippen molar-refractivity contribution in [3.05, 3.63) is 219 Å². The summed E-state index contributed by atoms with van der Waals surface area (Å²) in [6.07, 6.45) is 0. The summed E-state index contributed by atoms with van der Waals surface area (Å²) in [7, 11) is 0. The first-order valence-corrected chi connectivity index (χ1v) is 17.0. The minimum absolute atomic E-state index is 0.459. The summed E-state index contributed by atoms with van der Waals surface area (Å²) in [4.78, 5) is 0. The molecule has 1 aromatic heterocycles. The van der Waals surface area contributed by atoms with E-state index in [1.54, 1.807) is 0 Å². The monoisotopic (exact) mass is 613 g/mol. The third-order valence-corrected chi connectivity index (χ3v) is 11.3. The number of fused-ring (bicyclic) bond motifs is 3. The van der Waals surface area contributed by atoms with E-state index in [1.165, 1.54) is 88.7 Å². The zero-order chi connectivity index (χ0) is 32.2. The van der Waals surface area contributed by atoms with E-state index in [9.17, 15) is 0 Å². The van der Waals surface area contributed by atoms with Crippen LogP contribution >= 0.6 is 0 Å². The molecule has 7 aromatic carbocycles. The van der Waals surface area contributed by atoms with Crippen LogP contribution in [0.3, 0.4) is 0 Å². The van der Waals surface area contributed by atoms with E-state index in [1.807, 2.05) is 0 Å². The van der Waals surface area contributed by atoms with E-state index in [0.717, 1.165) is 0 Å². The maximum absolute atomic E-state index is 2.54. The van der Waals surface area contributed by atoms with Crippen LogP contribution < -0.4 is 0 Å². The Morgan fingerprint density at radius 2 is 0.875 bits per heavy atom. The molecule has 11 rings (SSSR count). The molecular weight excluding hydrogens is 579 g/mol. The summed E-state index contributed by atoms with van der Waals surface area (Å²) in [5.74, 6) is 0. The first-order chi connectivity index (χ1) is 23.5. The van der Waals surface area contributed by atoms with Gasteiger partial charge in [0, 0.05) is 16.5 Å². The fourth-order valence-corrected chi connectivity index (χ4v) is 9.63. The second-order valence-corrected chi connectivity index (χ2v) is 13.9. The molecule has 0 spiro atoms. The fourth-order valence-electron chi connectivity index (χ4n) is 9.63. The Morgan fingerprint density at radius 3 is 1.42 bits per heavy atom. The standard InChI is InChI=1S/C47H35N/c1-30-22-24-38-40(26-30)47(34-16-8-5-9-17-34)41-27-31(2)23-25-39(41)46(38,33-14-6-4-7-15-33)42-29-35(28-32(3)45(42)47)48-43-20-12-10-18-36(43)37-19-11-13-21-44(37)48/h4-29H,1-3H3. The van der Waals surface area contributed by atoms with Crippen LogP contribution in [0.1, 0.15) is 61.2 Å². The van der Waals surface area contributed by atoms with Crippen LogP contribution in [0, 0.1) is 20.8 Å². The summed E-state index contributed by atoms with van der Waals surface area (Å²) < 4.78 is 2.49. The third kappa shape index (κ3) is 3.26. The van der Waals surface area contributed by atoms with Gasteiger partial charge in [0.2, 0.25) is 0 Å². The summed E-state index contributed by atoms with van der Waals surface area (Å²) >= 11 is 0. The van der Waals surface area contributed by atoms with Crippen molar-refractivity contribution in [2.75, 3.05) is 0 Å². The Bertz CT molecular complexity index is 2480. The van der Waals surface area contributed by atoms with E-state index >= 15 is 0 Å². The number of nitrogens with zero attached hydrogens (tertiary/aromatic N) is 1. The van der Waals surface area contributed by atoms with Crippen LogP contribution in [0.4, 0.5) is 0 Å². The number of hydrogen-bond donors (Lipinski definition) is 0. The molecule has 0 saturated heterocycles. The van der Waals surface area contributed by atoms with Crippen molar-refractivity contribution in [2.24, 2.45) is 0 Å². The van der Waals surface area contributed by atoms with E-state index in [2.05, 4.69) is 183 Å². The van der Waals surface area contributed by atoms with Gasteiger partial charge in [0.1, 0.15) is 0 Å². The van der Waals surface area contributed by atoms with Gasteiger partial charge in [-0.05, 0) is 95.1 Å². The van der Waals surface area contributed by atoms with E-state index < -0.39 is 10.8 Å². The van der Waals surface area contributed by atoms with Crippen molar-refractivity contribution in [1.82, 2.24) is 4.57 Å². The van der Waals surface area contributed by atoms with E-state index in [4.69, 9.17) is 0 Å². The molecule has 0 aliphatic heterocycles. The first-order valence-electron chi connectivity index (χ1n) is 17.0. The Kier molecular flexibility index (Phi) is 5.54. The van der Waals surface area contributed by atoms with E-state index in [0.29, 0.717) is 0 Å². The highest BCUT2D eigenvalue weighted by atomic mass is 15.0. The number of aryl methyl sites for hydroxylation is 3. The quantitative estimate of drug-likeness (QED) is 0.187. The Labute approximate surface area is 281 Å². The average molecular weight is 614 g/mol. The lowest BCUT2D eigenvalue weighted by Gasteiger charge is -2.58. The predicted octanol–water partition coefficient (Wildman–Crippen LogP) is 11.1. The molecule has 2 bridgehead atoms. The van der Waals surface area contributed by atoms with Gasteiger partial charge in [0.05, 0.1) is 21.9 Å². The number of para-hydroxylation sites is 2. The lowest BCUT2D eigenvalue weighted by atomic mass is 9.43. The van der Waals surface area contributed by atoms with Gasteiger partial charge in [0.15, 0.2) is 0 Å². The van der Waals surface area contributed by atoms with Gasteiger partial charge in [0.25, 0.3) is 0 Å². The molecule has 0 radical (unpaired) electrons. The SMILES string of the molecule is Cc1ccc2c(c1)C1(c3ccccc3)c3cc(C)ccc3C2(c2ccccc2)c2cc(-n3c4ccccc4c4ccccc43)cc(C)c21. The Hall–Kier alpha value is -5.66. The molecule has 0 fully saturated rings. The van der Waals surface area contributed by atoms with Gasteiger partial charge < -0.3 is 4.57 Å². The van der Waals surface area contributed by atoms with Crippen LogP contribution in [0.5, 0.6) is 0 Å². The maximum atomic E-state index is 2.54. The highest BCUT2D eigenvalue weighted by Crippen LogP contribution is 2.67. The lowest BCUT2D eigenvalue weighted by molar-refractivity contribution is 0.552. The van der Waals surface area contributed by atoms with Crippen molar-refractivity contribution in [1.29, 1.82) is 0 Å². The van der Waals surface area contributed by atoms with Gasteiger partial charge in [-0.1, -0.05) is 145 Å². The fraction of sp³-hybridized carbons (Fsp3) is 0.106. The zero-order valence-corrected chi connectivity index (χ0v) is 27.5. The van der Waals surface area contributed by atoms with Gasteiger partial charge in [-0.15, -0.1) is 0 Å². The summed E-state index contributed by atoms with van der Waals surface area (Å²) in [5, 5.41) is 2.57. The average Bonchev–Trinajstić information content (AvgIpc) is 3.46. The third-order valence-electron chi connectivity index (χ3n) is 11.3. The normalized spacial score (nSPS) is 18.9. The Morgan fingerprint density at radius 1 is 0.396 bits per heavy atom. The van der Waals surface area contributed by atoms with Gasteiger partial charge in [-0.25, -0.2) is 0 Å². The second kappa shape index (κ2) is 9.69. The van der Waals surface area contributed by atoms with Crippen LogP contribution in [0.15, 0.2) is 158 Å². The topological polar surface area (TPSA) is 4.93 Å². The molecule has 0 N–H and O–H groups in total. The summed E-state index contributed by atoms with van der Waals surface area (Å²) in [6.45, 7) is 6.84. The van der Waals surface area contributed by atoms with Crippen molar-refractivity contribution >= 4 is 21.8 Å².